The van der Waals surface area contributed by atoms with E-state index >= 15 is 0 Å². The second-order valence-electron chi connectivity index (χ2n) is 4.07. The van der Waals surface area contributed by atoms with E-state index in [9.17, 15) is 14.7 Å². The molecule has 5 nitrogen and oxygen atoms in total. The number of benzene rings is 1. The SMILES string of the molecule is Cc1cc(=O)[nH]c(SCC(=O)c2ccc(O)c(I)c2)n1. The number of nitrogens with one attached hydrogen (secondary N) is 1. The third kappa shape index (κ3) is 3.83. The summed E-state index contributed by atoms with van der Waals surface area (Å²) in [5.41, 5.74) is 0.907. The first-order valence-corrected chi connectivity index (χ1v) is 7.74. The number of carbonyl (C=O) groups excluding carboxylic acids is 1. The van der Waals surface area contributed by atoms with Crippen LogP contribution in [0.25, 0.3) is 0 Å². The van der Waals surface area contributed by atoms with Crippen LogP contribution in [-0.2, 0) is 0 Å². The number of aromatic hydroxyl groups is 1. The molecule has 0 fully saturated rings. The van der Waals surface area contributed by atoms with Gasteiger partial charge in [0.15, 0.2) is 10.9 Å². The summed E-state index contributed by atoms with van der Waals surface area (Å²) >= 11 is 3.14. The minimum atomic E-state index is -0.230. The molecule has 7 heteroatoms. The Morgan fingerprint density at radius 2 is 2.20 bits per heavy atom. The molecule has 2 aromatic rings. The third-order valence-corrected chi connectivity index (χ3v) is 4.19. The lowest BCUT2D eigenvalue weighted by atomic mass is 10.1. The first-order chi connectivity index (χ1) is 9.45. The molecular formula is C13H11IN2O3S. The first-order valence-electron chi connectivity index (χ1n) is 5.68. The van der Waals surface area contributed by atoms with Crippen molar-refractivity contribution in [3.63, 3.8) is 0 Å². The topological polar surface area (TPSA) is 83.0 Å². The second-order valence-corrected chi connectivity index (χ2v) is 6.20. The minimum absolute atomic E-state index is 0.0860. The maximum Gasteiger partial charge on any atom is 0.251 e. The Morgan fingerprint density at radius 1 is 1.45 bits per heavy atom. The fourth-order valence-corrected chi connectivity index (χ4v) is 2.85. The van der Waals surface area contributed by atoms with E-state index < -0.39 is 0 Å². The summed E-state index contributed by atoms with van der Waals surface area (Å²) in [6.45, 7) is 1.73. The Morgan fingerprint density at radius 3 is 2.85 bits per heavy atom. The molecule has 0 bridgehead atoms. The highest BCUT2D eigenvalue weighted by Gasteiger charge is 2.10. The summed E-state index contributed by atoms with van der Waals surface area (Å²) < 4.78 is 0.625. The molecule has 2 rings (SSSR count). The van der Waals surface area contributed by atoms with E-state index in [2.05, 4.69) is 9.97 Å². The van der Waals surface area contributed by atoms with Crippen molar-refractivity contribution in [1.29, 1.82) is 0 Å². The quantitative estimate of drug-likeness (QED) is 0.355. The highest BCUT2D eigenvalue weighted by molar-refractivity contribution is 14.1. The van der Waals surface area contributed by atoms with Gasteiger partial charge in [-0.25, -0.2) is 4.98 Å². The molecule has 1 aromatic carbocycles. The molecule has 0 spiro atoms. The summed E-state index contributed by atoms with van der Waals surface area (Å²) in [7, 11) is 0. The van der Waals surface area contributed by atoms with Gasteiger partial charge < -0.3 is 10.1 Å². The van der Waals surface area contributed by atoms with Crippen LogP contribution in [0.3, 0.4) is 0 Å². The summed E-state index contributed by atoms with van der Waals surface area (Å²) in [5, 5.41) is 9.85. The highest BCUT2D eigenvalue weighted by Crippen LogP contribution is 2.22. The molecule has 0 aliphatic heterocycles. The van der Waals surface area contributed by atoms with Gasteiger partial charge in [0.25, 0.3) is 5.56 Å². The fourth-order valence-electron chi connectivity index (χ4n) is 1.52. The Kier molecular flexibility index (Phi) is 4.81. The minimum Gasteiger partial charge on any atom is -0.507 e. The van der Waals surface area contributed by atoms with Crippen LogP contribution in [0.15, 0.2) is 34.2 Å². The van der Waals surface area contributed by atoms with Crippen molar-refractivity contribution in [1.82, 2.24) is 9.97 Å². The van der Waals surface area contributed by atoms with Crippen molar-refractivity contribution in [3.05, 3.63) is 49.4 Å². The number of hydrogen-bond acceptors (Lipinski definition) is 5. The lowest BCUT2D eigenvalue weighted by Crippen LogP contribution is -2.10. The maximum atomic E-state index is 12.0. The molecule has 2 N–H and O–H groups in total. The van der Waals surface area contributed by atoms with Gasteiger partial charge in [-0.3, -0.25) is 9.59 Å². The van der Waals surface area contributed by atoms with Crippen LogP contribution in [-0.4, -0.2) is 26.6 Å². The number of nitrogens with zero attached hydrogens (tertiary/aromatic N) is 1. The van der Waals surface area contributed by atoms with E-state index in [1.807, 2.05) is 22.6 Å². The Labute approximate surface area is 133 Å². The maximum absolute atomic E-state index is 12.0. The number of aromatic nitrogens is 2. The predicted octanol–water partition coefficient (Wildman–Crippen LogP) is 2.36. The molecule has 0 saturated heterocycles. The zero-order chi connectivity index (χ0) is 14.7. The van der Waals surface area contributed by atoms with Gasteiger partial charge in [0, 0.05) is 17.3 Å². The van der Waals surface area contributed by atoms with Crippen molar-refractivity contribution in [3.8, 4) is 5.75 Å². The van der Waals surface area contributed by atoms with Crippen molar-refractivity contribution < 1.29 is 9.90 Å². The second kappa shape index (κ2) is 6.40. The van der Waals surface area contributed by atoms with Crippen LogP contribution < -0.4 is 5.56 Å². The summed E-state index contributed by atoms with van der Waals surface area (Å²) in [4.78, 5) is 30.0. The number of carbonyl (C=O) groups is 1. The number of aromatic amines is 1. The number of Topliss-reactive ketones (excluding diaryl/α,β-unsaturated/α-hetero) is 1. The van der Waals surface area contributed by atoms with E-state index in [0.717, 1.165) is 0 Å². The predicted molar refractivity (Wildman–Crippen MR) is 85.5 cm³/mol. The number of phenols is 1. The first kappa shape index (κ1) is 15.0. The largest absolute Gasteiger partial charge is 0.507 e. The van der Waals surface area contributed by atoms with Crippen molar-refractivity contribution in [2.45, 2.75) is 12.1 Å². The molecule has 104 valence electrons. The number of halogens is 1. The average molecular weight is 402 g/mol. The van der Waals surface area contributed by atoms with Crippen LogP contribution in [0, 0.1) is 10.5 Å². The Hall–Kier alpha value is -1.35. The number of rotatable bonds is 4. The molecule has 1 aromatic heterocycles. The number of H-pyrrole nitrogens is 1. The Balaban J connectivity index is 2.08. The Bertz CT molecular complexity index is 715. The number of aryl methyl sites for hydroxylation is 1. The molecule has 0 saturated carbocycles. The van der Waals surface area contributed by atoms with Crippen molar-refractivity contribution in [2.75, 3.05) is 5.75 Å². The summed E-state index contributed by atoms with van der Waals surface area (Å²) in [5.74, 6) is 0.240. The van der Waals surface area contributed by atoms with E-state index in [0.29, 0.717) is 20.0 Å². The van der Waals surface area contributed by atoms with E-state index in [1.165, 1.54) is 23.9 Å². The highest BCUT2D eigenvalue weighted by atomic mass is 127. The normalized spacial score (nSPS) is 10.5. The average Bonchev–Trinajstić information content (AvgIpc) is 2.38. The van der Waals surface area contributed by atoms with Crippen LogP contribution in [0.1, 0.15) is 16.1 Å². The number of hydrogen-bond donors (Lipinski definition) is 2. The van der Waals surface area contributed by atoms with Gasteiger partial charge in [-0.2, -0.15) is 0 Å². The summed E-state index contributed by atoms with van der Waals surface area (Å²) in [6.07, 6.45) is 0. The van der Waals surface area contributed by atoms with Gasteiger partial charge in [0.05, 0.1) is 9.32 Å². The van der Waals surface area contributed by atoms with Crippen molar-refractivity contribution in [2.24, 2.45) is 0 Å². The van der Waals surface area contributed by atoms with E-state index in [4.69, 9.17) is 0 Å². The molecule has 0 aliphatic carbocycles. The van der Waals surface area contributed by atoms with Crippen LogP contribution in [0.2, 0.25) is 0 Å². The molecular weight excluding hydrogens is 391 g/mol. The summed E-state index contributed by atoms with van der Waals surface area (Å²) in [6, 6.07) is 6.10. The lowest BCUT2D eigenvalue weighted by molar-refractivity contribution is 0.102. The smallest absolute Gasteiger partial charge is 0.251 e. The van der Waals surface area contributed by atoms with Gasteiger partial charge >= 0.3 is 0 Å². The standard InChI is InChI=1S/C13H11IN2O3S/c1-7-4-12(19)16-13(15-7)20-6-11(18)8-2-3-10(17)9(14)5-8/h2-5,17H,6H2,1H3,(H,15,16,19). The molecule has 20 heavy (non-hydrogen) atoms. The molecule has 0 amide bonds. The van der Waals surface area contributed by atoms with Crippen LogP contribution >= 0.6 is 34.4 Å². The zero-order valence-corrected chi connectivity index (χ0v) is 13.5. The van der Waals surface area contributed by atoms with E-state index in [-0.39, 0.29) is 22.8 Å². The van der Waals surface area contributed by atoms with Crippen molar-refractivity contribution >= 4 is 40.1 Å². The molecule has 0 atom stereocenters. The molecule has 0 unspecified atom stereocenters. The fraction of sp³-hybridized carbons (Fsp3) is 0.154. The van der Waals surface area contributed by atoms with Gasteiger partial charge in [0.2, 0.25) is 0 Å². The number of phenolic OH excluding ortho intramolecular Hbond substituents is 1. The van der Waals surface area contributed by atoms with E-state index in [1.54, 1.807) is 19.1 Å². The number of thioether (sulfide) groups is 1. The van der Waals surface area contributed by atoms with Gasteiger partial charge in [0.1, 0.15) is 5.75 Å². The zero-order valence-electron chi connectivity index (χ0n) is 10.5. The molecule has 0 aliphatic rings. The molecule has 1 heterocycles. The number of ketones is 1. The van der Waals surface area contributed by atoms with Gasteiger partial charge in [-0.1, -0.05) is 11.8 Å². The lowest BCUT2D eigenvalue weighted by Gasteiger charge is -2.03. The van der Waals surface area contributed by atoms with Crippen LogP contribution in [0.4, 0.5) is 0 Å². The molecule has 0 radical (unpaired) electrons. The van der Waals surface area contributed by atoms with Gasteiger partial charge in [-0.05, 0) is 47.7 Å². The monoisotopic (exact) mass is 402 g/mol. The van der Waals surface area contributed by atoms with Crippen LogP contribution in [0.5, 0.6) is 5.75 Å². The van der Waals surface area contributed by atoms with Gasteiger partial charge in [-0.15, -0.1) is 0 Å². The third-order valence-electron chi connectivity index (χ3n) is 2.46.